The molecule has 0 unspecified atom stereocenters. The van der Waals surface area contributed by atoms with E-state index in [1.54, 1.807) is 18.2 Å². The molecule has 0 aromatic heterocycles. The molecule has 0 heterocycles. The fraction of sp³-hybridized carbons (Fsp3) is 0.167. The van der Waals surface area contributed by atoms with Gasteiger partial charge in [-0.3, -0.25) is 9.59 Å². The first-order valence-corrected chi connectivity index (χ1v) is 9.40. The van der Waals surface area contributed by atoms with Gasteiger partial charge in [-0.15, -0.1) is 0 Å². The van der Waals surface area contributed by atoms with E-state index in [1.165, 1.54) is 14.2 Å². The molecule has 0 saturated carbocycles. The van der Waals surface area contributed by atoms with Gasteiger partial charge in [-0.05, 0) is 23.3 Å². The van der Waals surface area contributed by atoms with Gasteiger partial charge >= 0.3 is 5.97 Å². The quantitative estimate of drug-likeness (QED) is 0.573. The number of carbonyl (C=O) groups is 2. The lowest BCUT2D eigenvalue weighted by Gasteiger charge is -2.17. The molecule has 3 rings (SSSR count). The fourth-order valence-corrected chi connectivity index (χ4v) is 3.07. The summed E-state index contributed by atoms with van der Waals surface area (Å²) in [7, 11) is 3.03. The molecule has 0 bridgehead atoms. The first-order valence-electron chi connectivity index (χ1n) is 9.40. The fourth-order valence-electron chi connectivity index (χ4n) is 3.07. The molecule has 0 aliphatic heterocycles. The number of methoxy groups -OCH3 is 2. The predicted octanol–water partition coefficient (Wildman–Crippen LogP) is 4.02. The summed E-state index contributed by atoms with van der Waals surface area (Å²) in [5.74, 6) is -0.556. The Balaban J connectivity index is 1.71. The van der Waals surface area contributed by atoms with Crippen molar-refractivity contribution in [2.75, 3.05) is 26.1 Å². The van der Waals surface area contributed by atoms with Gasteiger partial charge in [-0.25, -0.2) is 0 Å². The van der Waals surface area contributed by atoms with Crippen molar-refractivity contribution >= 4 is 17.6 Å². The molecular weight excluding hydrogens is 382 g/mol. The number of ether oxygens (including phenoxy) is 3. The van der Waals surface area contributed by atoms with Crippen LogP contribution in [0, 0.1) is 0 Å². The van der Waals surface area contributed by atoms with E-state index in [4.69, 9.17) is 14.2 Å². The molecule has 0 saturated heterocycles. The largest absolute Gasteiger partial charge is 0.497 e. The van der Waals surface area contributed by atoms with Gasteiger partial charge in [-0.1, -0.05) is 60.7 Å². The summed E-state index contributed by atoms with van der Waals surface area (Å²) in [6.07, 6.45) is 0. The smallest absolute Gasteiger partial charge is 0.318 e. The lowest BCUT2D eigenvalue weighted by atomic mass is 9.91. The standard InChI is InChI=1S/C24H23NO5/c1-28-19-13-14-21(29-2)20(15-19)25-22(26)16-30-24(27)23(17-9-5-3-6-10-17)18-11-7-4-8-12-18/h3-15,23H,16H2,1-2H3,(H,25,26). The zero-order valence-electron chi connectivity index (χ0n) is 16.8. The van der Waals surface area contributed by atoms with Crippen LogP contribution in [0.3, 0.4) is 0 Å². The zero-order chi connectivity index (χ0) is 21.3. The van der Waals surface area contributed by atoms with Gasteiger partial charge in [0.2, 0.25) is 0 Å². The molecule has 0 radical (unpaired) electrons. The van der Waals surface area contributed by atoms with Gasteiger partial charge in [0.15, 0.2) is 6.61 Å². The van der Waals surface area contributed by atoms with Crippen LogP contribution in [0.4, 0.5) is 5.69 Å². The molecule has 3 aromatic rings. The second-order valence-corrected chi connectivity index (χ2v) is 6.48. The molecule has 6 heteroatoms. The van der Waals surface area contributed by atoms with E-state index >= 15 is 0 Å². The summed E-state index contributed by atoms with van der Waals surface area (Å²) in [6, 6.07) is 23.7. The molecule has 1 amide bonds. The zero-order valence-corrected chi connectivity index (χ0v) is 16.8. The van der Waals surface area contributed by atoms with Crippen LogP contribution in [-0.2, 0) is 14.3 Å². The molecule has 0 spiro atoms. The van der Waals surface area contributed by atoms with Crippen LogP contribution in [0.5, 0.6) is 11.5 Å². The number of hydrogen-bond acceptors (Lipinski definition) is 5. The summed E-state index contributed by atoms with van der Waals surface area (Å²) in [6.45, 7) is -0.421. The average molecular weight is 405 g/mol. The Hall–Kier alpha value is -3.80. The Labute approximate surface area is 175 Å². The second-order valence-electron chi connectivity index (χ2n) is 6.48. The third-order valence-corrected chi connectivity index (χ3v) is 4.53. The van der Waals surface area contributed by atoms with E-state index in [-0.39, 0.29) is 0 Å². The summed E-state index contributed by atoms with van der Waals surface area (Å²) in [5.41, 5.74) is 2.02. The van der Waals surface area contributed by atoms with Crippen molar-refractivity contribution < 1.29 is 23.8 Å². The van der Waals surface area contributed by atoms with E-state index in [9.17, 15) is 9.59 Å². The van der Waals surface area contributed by atoms with Crippen molar-refractivity contribution in [3.05, 3.63) is 90.0 Å². The number of esters is 1. The minimum atomic E-state index is -0.619. The highest BCUT2D eigenvalue weighted by Crippen LogP contribution is 2.29. The molecule has 0 aliphatic carbocycles. The summed E-state index contributed by atoms with van der Waals surface area (Å²) in [5, 5.41) is 2.69. The first kappa shape index (κ1) is 20.9. The maximum absolute atomic E-state index is 12.9. The molecule has 1 N–H and O–H groups in total. The normalized spacial score (nSPS) is 10.4. The monoisotopic (exact) mass is 405 g/mol. The van der Waals surface area contributed by atoms with Crippen LogP contribution in [-0.4, -0.2) is 32.7 Å². The highest BCUT2D eigenvalue weighted by Gasteiger charge is 2.25. The molecule has 3 aromatic carbocycles. The molecule has 0 fully saturated rings. The summed E-state index contributed by atoms with van der Waals surface area (Å²) < 4.78 is 15.8. The molecule has 6 nitrogen and oxygen atoms in total. The van der Waals surface area contributed by atoms with E-state index in [0.29, 0.717) is 17.2 Å². The maximum Gasteiger partial charge on any atom is 0.318 e. The number of rotatable bonds is 8. The lowest BCUT2D eigenvalue weighted by Crippen LogP contribution is -2.24. The van der Waals surface area contributed by atoms with Crippen molar-refractivity contribution in [2.45, 2.75) is 5.92 Å². The highest BCUT2D eigenvalue weighted by atomic mass is 16.5. The van der Waals surface area contributed by atoms with Gasteiger partial charge in [0, 0.05) is 6.07 Å². The predicted molar refractivity (Wildman–Crippen MR) is 114 cm³/mol. The maximum atomic E-state index is 12.9. The van der Waals surface area contributed by atoms with Crippen LogP contribution in [0.2, 0.25) is 0 Å². The molecule has 0 atom stereocenters. The Morgan fingerprint density at radius 2 is 1.43 bits per heavy atom. The molecule has 30 heavy (non-hydrogen) atoms. The third kappa shape index (κ3) is 5.17. The Kier molecular flexibility index (Phi) is 7.05. The van der Waals surface area contributed by atoms with Gasteiger partial charge in [0.05, 0.1) is 19.9 Å². The van der Waals surface area contributed by atoms with Crippen LogP contribution >= 0.6 is 0 Å². The first-order chi connectivity index (χ1) is 14.6. The van der Waals surface area contributed by atoms with E-state index in [1.807, 2.05) is 60.7 Å². The van der Waals surface area contributed by atoms with E-state index in [0.717, 1.165) is 11.1 Å². The van der Waals surface area contributed by atoms with Crippen molar-refractivity contribution in [3.8, 4) is 11.5 Å². The highest BCUT2D eigenvalue weighted by molar-refractivity contribution is 5.95. The van der Waals surface area contributed by atoms with E-state index < -0.39 is 24.4 Å². The molecular formula is C24H23NO5. The SMILES string of the molecule is COc1ccc(OC)c(NC(=O)COC(=O)C(c2ccccc2)c2ccccc2)c1. The van der Waals surface area contributed by atoms with Crippen LogP contribution in [0.25, 0.3) is 0 Å². The summed E-state index contributed by atoms with van der Waals surface area (Å²) >= 11 is 0. The van der Waals surface area contributed by atoms with Gasteiger partial charge in [-0.2, -0.15) is 0 Å². The summed E-state index contributed by atoms with van der Waals surface area (Å²) in [4.78, 5) is 25.3. The van der Waals surface area contributed by atoms with Gasteiger partial charge < -0.3 is 19.5 Å². The van der Waals surface area contributed by atoms with Crippen molar-refractivity contribution in [2.24, 2.45) is 0 Å². The molecule has 0 aliphatic rings. The third-order valence-electron chi connectivity index (χ3n) is 4.53. The number of carbonyl (C=O) groups excluding carboxylic acids is 2. The van der Waals surface area contributed by atoms with Crippen LogP contribution < -0.4 is 14.8 Å². The minimum Gasteiger partial charge on any atom is -0.497 e. The number of hydrogen-bond donors (Lipinski definition) is 1. The van der Waals surface area contributed by atoms with Gasteiger partial charge in [0.25, 0.3) is 5.91 Å². The number of anilines is 1. The average Bonchev–Trinajstić information content (AvgIpc) is 2.79. The second kappa shape index (κ2) is 10.1. The Morgan fingerprint density at radius 1 is 0.833 bits per heavy atom. The Morgan fingerprint density at radius 3 is 1.97 bits per heavy atom. The Bertz CT molecular complexity index is 949. The van der Waals surface area contributed by atoms with Crippen LogP contribution in [0.1, 0.15) is 17.0 Å². The van der Waals surface area contributed by atoms with Crippen molar-refractivity contribution in [1.29, 1.82) is 0 Å². The van der Waals surface area contributed by atoms with Crippen molar-refractivity contribution in [3.63, 3.8) is 0 Å². The number of nitrogens with one attached hydrogen (secondary N) is 1. The van der Waals surface area contributed by atoms with Crippen LogP contribution in [0.15, 0.2) is 78.9 Å². The topological polar surface area (TPSA) is 73.9 Å². The van der Waals surface area contributed by atoms with E-state index in [2.05, 4.69) is 5.32 Å². The lowest BCUT2D eigenvalue weighted by molar-refractivity contribution is -0.147. The minimum absolute atomic E-state index is 0.421. The molecule has 154 valence electrons. The van der Waals surface area contributed by atoms with Gasteiger partial charge in [0.1, 0.15) is 17.4 Å². The number of benzene rings is 3. The number of amides is 1. The van der Waals surface area contributed by atoms with Crippen molar-refractivity contribution in [1.82, 2.24) is 0 Å².